The van der Waals surface area contributed by atoms with Crippen molar-refractivity contribution in [1.82, 2.24) is 4.98 Å². The van der Waals surface area contributed by atoms with Crippen LogP contribution >= 0.6 is 28.3 Å². The third kappa shape index (κ3) is 15.1. The second-order valence-corrected chi connectivity index (χ2v) is 14.3. The molecule has 22 heavy (non-hydrogen) atoms. The molecule has 0 aliphatic carbocycles. The van der Waals surface area contributed by atoms with Crippen molar-refractivity contribution in [2.45, 2.75) is 39.0 Å². The molecule has 1 N–H and O–H groups in total. The summed E-state index contributed by atoms with van der Waals surface area (Å²) in [4.78, 5) is 15.0. The molecule has 1 aromatic heterocycles. The number of rotatable bonds is 9. The van der Waals surface area contributed by atoms with Crippen molar-refractivity contribution in [2.75, 3.05) is 13.2 Å². The fraction of sp³-hybridized carbons (Fsp3) is 0.571. The number of halogens is 3. The topological polar surface area (TPSA) is 59.4 Å². The van der Waals surface area contributed by atoms with Crippen LogP contribution in [0.1, 0.15) is 37.8 Å². The Kier molecular flexibility index (Phi) is 14.8. The normalized spacial score (nSPS) is 10.5. The van der Waals surface area contributed by atoms with Crippen molar-refractivity contribution in [3.8, 4) is 5.75 Å². The van der Waals surface area contributed by atoms with Crippen molar-refractivity contribution in [2.24, 2.45) is 0 Å². The van der Waals surface area contributed by atoms with Gasteiger partial charge >= 0.3 is 42.4 Å². The number of nitrogens with zero attached hydrogens (tertiary/aromatic N) is 1. The van der Waals surface area contributed by atoms with Crippen LogP contribution in [0.2, 0.25) is 0 Å². The van der Waals surface area contributed by atoms with Gasteiger partial charge in [-0.2, -0.15) is 0 Å². The molecule has 0 saturated heterocycles. The zero-order valence-corrected chi connectivity index (χ0v) is 16.9. The van der Waals surface area contributed by atoms with E-state index in [-0.39, 0.29) is 12.4 Å². The summed E-state index contributed by atoms with van der Waals surface area (Å²) >= 11 is -1.85. The molecule has 0 atom stereocenters. The van der Waals surface area contributed by atoms with Gasteiger partial charge in [0.25, 0.3) is 0 Å². The van der Waals surface area contributed by atoms with Gasteiger partial charge < -0.3 is 9.84 Å². The number of aliphatic hydroxyl groups is 1. The Hall–Kier alpha value is 0.138. The molecular weight excluding hydrogens is 532 g/mol. The third-order valence-electron chi connectivity index (χ3n) is 2.68. The molecule has 4 nitrogen and oxygen atoms in total. The van der Waals surface area contributed by atoms with Crippen LogP contribution in [0.5, 0.6) is 5.75 Å². The predicted octanol–water partition coefficient (Wildman–Crippen LogP) is 4.35. The number of hydrogen-bond acceptors (Lipinski definition) is 4. The zero-order chi connectivity index (χ0) is 16.8. The van der Waals surface area contributed by atoms with E-state index in [1.54, 1.807) is 6.20 Å². The number of hydrogen-bond donors (Lipinski definition) is 1. The Labute approximate surface area is 149 Å². The van der Waals surface area contributed by atoms with E-state index in [9.17, 15) is 4.79 Å². The maximum absolute atomic E-state index is 10.8. The zero-order valence-electron chi connectivity index (χ0n) is 12.3. The molecule has 131 valence electrons. The number of carbonyl (C=O) groups is 1. The monoisotopic (exact) mass is 551 g/mol. The first-order chi connectivity index (χ1) is 10.5. The molecule has 1 heterocycles. The van der Waals surface area contributed by atoms with Crippen molar-refractivity contribution in [3.63, 3.8) is 0 Å². The van der Waals surface area contributed by atoms with Crippen LogP contribution in [-0.2, 0) is 19.0 Å². The van der Waals surface area contributed by atoms with Crippen LogP contribution in [0.15, 0.2) is 18.3 Å². The number of unbranched alkanes of at least 4 members (excludes halogenated alkanes) is 3. The Morgan fingerprint density at radius 3 is 2.41 bits per heavy atom. The first-order valence-electron chi connectivity index (χ1n) is 6.76. The number of pyridine rings is 1. The van der Waals surface area contributed by atoms with Gasteiger partial charge in [0.15, 0.2) is 5.78 Å². The summed E-state index contributed by atoms with van der Waals surface area (Å²) in [5.41, 5.74) is 0.982. The summed E-state index contributed by atoms with van der Waals surface area (Å²) in [5.74, 6) is 0.730. The van der Waals surface area contributed by atoms with Crippen LogP contribution in [0, 0.1) is 6.92 Å². The number of ketones is 1. The molecule has 0 aromatic carbocycles. The first-order valence-corrected chi connectivity index (χ1v) is 15.2. The van der Waals surface area contributed by atoms with Gasteiger partial charge in [-0.25, -0.2) is 0 Å². The van der Waals surface area contributed by atoms with Crippen LogP contribution in [0.4, 0.5) is 0 Å². The molecule has 0 fully saturated rings. The standard InChI is InChI=1S/C14H21NO3.3ClH.Pt/c1-12-7-8-14(10-15-12)18-9-5-3-2-4-6-13(17)11-16;;;;/h7-8,10,16H,2-6,9,11H2,1H3;3*1H;/q;;;;+3/p-3. The van der Waals surface area contributed by atoms with Gasteiger partial charge in [0.1, 0.15) is 12.4 Å². The summed E-state index contributed by atoms with van der Waals surface area (Å²) in [6.45, 7) is 2.29. The van der Waals surface area contributed by atoms with E-state index in [0.29, 0.717) is 13.0 Å². The summed E-state index contributed by atoms with van der Waals surface area (Å²) in [7, 11) is 14.9. The SMILES string of the molecule is Cc1ccc(OCCCCCCC(=O)CO)cn1.[Cl][Pt]([Cl])[Cl]. The average molecular weight is 553 g/mol. The molecule has 0 unspecified atom stereocenters. The molecule has 0 spiro atoms. The van der Waals surface area contributed by atoms with E-state index in [1.165, 1.54) is 0 Å². The number of ether oxygens (including phenoxy) is 1. The Bertz CT molecular complexity index is 402. The van der Waals surface area contributed by atoms with Gasteiger partial charge in [-0.3, -0.25) is 9.78 Å². The summed E-state index contributed by atoms with van der Waals surface area (Å²) in [6.07, 6.45) is 6.08. The number of Topliss-reactive ketones (excluding diaryl/α,β-unsaturated/α-hetero) is 1. The van der Waals surface area contributed by atoms with Crippen LogP contribution in [-0.4, -0.2) is 29.1 Å². The Morgan fingerprint density at radius 2 is 1.86 bits per heavy atom. The van der Waals surface area contributed by atoms with Crippen molar-refractivity contribution < 1.29 is 28.8 Å². The minimum atomic E-state index is -1.85. The third-order valence-corrected chi connectivity index (χ3v) is 2.68. The molecule has 0 saturated carbocycles. The number of aromatic nitrogens is 1. The van der Waals surface area contributed by atoms with Crippen molar-refractivity contribution >= 4 is 34.0 Å². The summed E-state index contributed by atoms with van der Waals surface area (Å²) < 4.78 is 5.54. The van der Waals surface area contributed by atoms with E-state index in [4.69, 9.17) is 38.1 Å². The number of aliphatic hydroxyl groups excluding tert-OH is 1. The molecule has 0 aliphatic rings. The summed E-state index contributed by atoms with van der Waals surface area (Å²) in [6, 6.07) is 3.85. The van der Waals surface area contributed by atoms with E-state index in [1.807, 2.05) is 19.1 Å². The van der Waals surface area contributed by atoms with Gasteiger partial charge in [-0.15, -0.1) is 0 Å². The Balaban J connectivity index is 0.000000980. The summed E-state index contributed by atoms with van der Waals surface area (Å²) in [5, 5.41) is 8.55. The van der Waals surface area contributed by atoms with Gasteiger partial charge in [0.2, 0.25) is 0 Å². The molecule has 1 aromatic rings. The molecular formula is C14H21Cl3NO3Pt. The fourth-order valence-corrected chi connectivity index (χ4v) is 1.59. The van der Waals surface area contributed by atoms with Gasteiger partial charge in [-0.1, -0.05) is 12.8 Å². The molecule has 0 aliphatic heterocycles. The quantitative estimate of drug-likeness (QED) is 0.463. The Morgan fingerprint density at radius 1 is 1.23 bits per heavy atom. The predicted molar refractivity (Wildman–Crippen MR) is 87.2 cm³/mol. The van der Waals surface area contributed by atoms with Crippen LogP contribution < -0.4 is 4.74 Å². The number of carbonyl (C=O) groups excluding carboxylic acids is 1. The second-order valence-electron chi connectivity index (χ2n) is 4.48. The second kappa shape index (κ2) is 14.7. The van der Waals surface area contributed by atoms with Crippen molar-refractivity contribution in [3.05, 3.63) is 24.0 Å². The first kappa shape index (κ1) is 22.1. The fourth-order valence-electron chi connectivity index (χ4n) is 1.59. The van der Waals surface area contributed by atoms with Gasteiger partial charge in [-0.05, 0) is 31.9 Å². The minimum absolute atomic E-state index is 0.0722. The van der Waals surface area contributed by atoms with Crippen molar-refractivity contribution in [1.29, 1.82) is 0 Å². The van der Waals surface area contributed by atoms with E-state index in [2.05, 4.69) is 4.98 Å². The van der Waals surface area contributed by atoms with E-state index >= 15 is 0 Å². The van der Waals surface area contributed by atoms with E-state index < -0.39 is 14.2 Å². The maximum atomic E-state index is 10.8. The van der Waals surface area contributed by atoms with Gasteiger partial charge in [0, 0.05) is 12.1 Å². The number of aryl methyl sites for hydroxylation is 1. The average Bonchev–Trinajstić information content (AvgIpc) is 2.47. The molecule has 8 heteroatoms. The van der Waals surface area contributed by atoms with Gasteiger partial charge in [0.05, 0.1) is 12.8 Å². The molecule has 0 bridgehead atoms. The van der Waals surface area contributed by atoms with E-state index in [0.717, 1.165) is 37.1 Å². The molecule has 0 radical (unpaired) electrons. The van der Waals surface area contributed by atoms with Crippen LogP contribution in [0.25, 0.3) is 0 Å². The molecule has 1 rings (SSSR count). The van der Waals surface area contributed by atoms with Crippen LogP contribution in [0.3, 0.4) is 0 Å². The molecule has 0 amide bonds.